The predicted molar refractivity (Wildman–Crippen MR) is 134 cm³/mol. The van der Waals surface area contributed by atoms with Crippen molar-refractivity contribution in [1.82, 2.24) is 20.2 Å². The van der Waals surface area contributed by atoms with Crippen LogP contribution in [0.3, 0.4) is 0 Å². The van der Waals surface area contributed by atoms with E-state index in [9.17, 15) is 29.4 Å². The zero-order valence-corrected chi connectivity index (χ0v) is 20.4. The summed E-state index contributed by atoms with van der Waals surface area (Å²) in [4.78, 5) is 51.7. The van der Waals surface area contributed by atoms with Gasteiger partial charge >= 0.3 is 5.69 Å². The number of aromatic amines is 1. The molecule has 0 saturated carbocycles. The Balaban J connectivity index is 1.48. The van der Waals surface area contributed by atoms with Gasteiger partial charge in [-0.15, -0.1) is 0 Å². The highest BCUT2D eigenvalue weighted by Crippen LogP contribution is 2.28. The van der Waals surface area contributed by atoms with E-state index < -0.39 is 53.6 Å². The molecule has 2 aromatic carbocycles. The van der Waals surface area contributed by atoms with Crippen LogP contribution >= 0.6 is 0 Å². The van der Waals surface area contributed by atoms with Crippen LogP contribution in [0.25, 0.3) is 0 Å². The SMILES string of the molecule is COc1ccc(CNC(=O)[C@@H](Cc2ccccc2)NC(=O)[C@H]2O[C@@H](n3ccc(=O)[nH]c3=O)[C@H](O)[C@@H]2O)cc1. The highest BCUT2D eigenvalue weighted by Gasteiger charge is 2.48. The van der Waals surface area contributed by atoms with Crippen LogP contribution in [0, 0.1) is 0 Å². The summed E-state index contributed by atoms with van der Waals surface area (Å²) in [5, 5.41) is 26.4. The van der Waals surface area contributed by atoms with Gasteiger partial charge in [0.25, 0.3) is 11.5 Å². The maximum Gasteiger partial charge on any atom is 0.330 e. The normalized spacial score (nSPS) is 21.4. The lowest BCUT2D eigenvalue weighted by atomic mass is 10.0. The summed E-state index contributed by atoms with van der Waals surface area (Å²) in [7, 11) is 1.55. The molecule has 3 aromatic rings. The average Bonchev–Trinajstić information content (AvgIpc) is 3.21. The van der Waals surface area contributed by atoms with Gasteiger partial charge < -0.3 is 30.3 Å². The van der Waals surface area contributed by atoms with Crippen LogP contribution in [0.4, 0.5) is 0 Å². The molecular formula is C26H28N4O8. The number of ether oxygens (including phenoxy) is 2. The van der Waals surface area contributed by atoms with Gasteiger partial charge in [-0.25, -0.2) is 4.79 Å². The smallest absolute Gasteiger partial charge is 0.330 e. The van der Waals surface area contributed by atoms with E-state index in [1.54, 1.807) is 55.6 Å². The van der Waals surface area contributed by atoms with Gasteiger partial charge in [-0.3, -0.25) is 23.9 Å². The second kappa shape index (κ2) is 11.9. The molecule has 5 N–H and O–H groups in total. The summed E-state index contributed by atoms with van der Waals surface area (Å²) in [5.74, 6) is -0.648. The lowest BCUT2D eigenvalue weighted by Gasteiger charge is -2.22. The van der Waals surface area contributed by atoms with Crippen molar-refractivity contribution in [2.45, 2.75) is 43.5 Å². The van der Waals surface area contributed by atoms with E-state index in [-0.39, 0.29) is 13.0 Å². The van der Waals surface area contributed by atoms with Crippen molar-refractivity contribution in [3.05, 3.63) is 98.8 Å². The molecule has 5 atom stereocenters. The standard InChI is InChI=1S/C26H28N4O8/c1-37-17-9-7-16(8-10-17)14-27-23(34)18(13-15-5-3-2-4-6-15)28-24(35)22-20(32)21(33)25(38-22)30-12-11-19(31)29-26(30)36/h2-12,18,20-22,25,32-33H,13-14H2,1H3,(H,27,34)(H,28,35)(H,29,31,36)/t18-,20+,21-,22+,25-/m1/s1. The van der Waals surface area contributed by atoms with E-state index in [4.69, 9.17) is 9.47 Å². The molecule has 0 spiro atoms. The van der Waals surface area contributed by atoms with Crippen LogP contribution in [-0.4, -0.2) is 63.0 Å². The quantitative estimate of drug-likeness (QED) is 0.242. The van der Waals surface area contributed by atoms with Crippen molar-refractivity contribution in [2.75, 3.05) is 7.11 Å². The topological polar surface area (TPSA) is 172 Å². The number of benzene rings is 2. The maximum atomic E-state index is 13.1. The number of carbonyl (C=O) groups excluding carboxylic acids is 2. The molecule has 1 aliphatic rings. The number of hydrogen-bond acceptors (Lipinski definition) is 8. The second-order valence-corrected chi connectivity index (χ2v) is 8.76. The molecule has 12 heteroatoms. The number of hydrogen-bond donors (Lipinski definition) is 5. The lowest BCUT2D eigenvalue weighted by molar-refractivity contribution is -0.141. The van der Waals surface area contributed by atoms with Gasteiger partial charge in [-0.1, -0.05) is 42.5 Å². The fraction of sp³-hybridized carbons (Fsp3) is 0.308. The Kier molecular flexibility index (Phi) is 8.36. The van der Waals surface area contributed by atoms with Gasteiger partial charge in [-0.2, -0.15) is 0 Å². The Morgan fingerprint density at radius 2 is 1.74 bits per heavy atom. The van der Waals surface area contributed by atoms with Crippen molar-refractivity contribution in [1.29, 1.82) is 0 Å². The maximum absolute atomic E-state index is 13.1. The van der Waals surface area contributed by atoms with E-state index in [1.165, 1.54) is 0 Å². The van der Waals surface area contributed by atoms with E-state index >= 15 is 0 Å². The number of rotatable bonds is 9. The largest absolute Gasteiger partial charge is 0.497 e. The van der Waals surface area contributed by atoms with Crippen LogP contribution in [0.15, 0.2) is 76.4 Å². The van der Waals surface area contributed by atoms with Crippen LogP contribution in [0.5, 0.6) is 5.75 Å². The Labute approximate surface area is 216 Å². The third-order valence-electron chi connectivity index (χ3n) is 6.16. The zero-order chi connectivity index (χ0) is 27.2. The van der Waals surface area contributed by atoms with E-state index in [0.29, 0.717) is 5.75 Å². The van der Waals surface area contributed by atoms with Crippen LogP contribution < -0.4 is 26.6 Å². The van der Waals surface area contributed by atoms with Gasteiger partial charge in [0.1, 0.15) is 24.0 Å². The number of aliphatic hydroxyl groups is 2. The molecule has 0 radical (unpaired) electrons. The molecule has 1 fully saturated rings. The van der Waals surface area contributed by atoms with E-state index in [0.717, 1.165) is 28.0 Å². The number of nitrogens with zero attached hydrogens (tertiary/aromatic N) is 1. The fourth-order valence-electron chi connectivity index (χ4n) is 4.10. The van der Waals surface area contributed by atoms with E-state index in [2.05, 4.69) is 10.6 Å². The molecular weight excluding hydrogens is 496 g/mol. The molecule has 2 amide bonds. The van der Waals surface area contributed by atoms with Crippen LogP contribution in [0.2, 0.25) is 0 Å². The molecule has 38 heavy (non-hydrogen) atoms. The highest BCUT2D eigenvalue weighted by atomic mass is 16.6. The molecule has 200 valence electrons. The molecule has 12 nitrogen and oxygen atoms in total. The average molecular weight is 525 g/mol. The minimum Gasteiger partial charge on any atom is -0.497 e. The molecule has 0 unspecified atom stereocenters. The summed E-state index contributed by atoms with van der Waals surface area (Å²) in [6, 6.07) is 16.2. The minimum absolute atomic E-state index is 0.148. The number of nitrogens with one attached hydrogen (secondary N) is 3. The summed E-state index contributed by atoms with van der Waals surface area (Å²) in [6.45, 7) is 0.197. The first kappa shape index (κ1) is 26.8. The Hall–Kier alpha value is -4.26. The summed E-state index contributed by atoms with van der Waals surface area (Å²) < 4.78 is 11.5. The van der Waals surface area contributed by atoms with Gasteiger partial charge in [0, 0.05) is 25.2 Å². The van der Waals surface area contributed by atoms with Crippen molar-refractivity contribution < 1.29 is 29.3 Å². The summed E-state index contributed by atoms with van der Waals surface area (Å²) in [6.07, 6.45) is -5.12. The highest BCUT2D eigenvalue weighted by molar-refractivity contribution is 5.90. The first-order valence-electron chi connectivity index (χ1n) is 11.8. The minimum atomic E-state index is -1.70. The Morgan fingerprint density at radius 3 is 2.39 bits per heavy atom. The number of aromatic nitrogens is 2. The second-order valence-electron chi connectivity index (χ2n) is 8.76. The van der Waals surface area contributed by atoms with Gasteiger partial charge in [0.05, 0.1) is 7.11 Å². The fourth-order valence-corrected chi connectivity index (χ4v) is 4.10. The van der Waals surface area contributed by atoms with Crippen molar-refractivity contribution >= 4 is 11.8 Å². The third-order valence-corrected chi connectivity index (χ3v) is 6.16. The molecule has 1 saturated heterocycles. The van der Waals surface area contributed by atoms with Gasteiger partial charge in [-0.05, 0) is 23.3 Å². The van der Waals surface area contributed by atoms with Crippen LogP contribution in [-0.2, 0) is 27.3 Å². The molecule has 2 heterocycles. The van der Waals surface area contributed by atoms with Crippen molar-refractivity contribution in [2.24, 2.45) is 0 Å². The number of methoxy groups -OCH3 is 1. The van der Waals surface area contributed by atoms with Crippen molar-refractivity contribution in [3.8, 4) is 5.75 Å². The first-order valence-corrected chi connectivity index (χ1v) is 11.8. The zero-order valence-electron chi connectivity index (χ0n) is 20.4. The van der Waals surface area contributed by atoms with Gasteiger partial charge in [0.2, 0.25) is 5.91 Å². The molecule has 1 aromatic heterocycles. The number of H-pyrrole nitrogens is 1. The molecule has 1 aliphatic heterocycles. The third kappa shape index (κ3) is 6.17. The van der Waals surface area contributed by atoms with Crippen LogP contribution in [0.1, 0.15) is 17.4 Å². The predicted octanol–water partition coefficient (Wildman–Crippen LogP) is -0.792. The summed E-state index contributed by atoms with van der Waals surface area (Å²) in [5.41, 5.74) is 0.0615. The Bertz CT molecular complexity index is 1370. The van der Waals surface area contributed by atoms with E-state index in [1.807, 2.05) is 11.1 Å². The van der Waals surface area contributed by atoms with Crippen molar-refractivity contribution in [3.63, 3.8) is 0 Å². The number of carbonyl (C=O) groups is 2. The summed E-state index contributed by atoms with van der Waals surface area (Å²) >= 11 is 0. The van der Waals surface area contributed by atoms with Gasteiger partial charge in [0.15, 0.2) is 12.3 Å². The number of aliphatic hydroxyl groups excluding tert-OH is 2. The first-order chi connectivity index (χ1) is 18.3. The molecule has 0 aliphatic carbocycles. The monoisotopic (exact) mass is 524 g/mol. The number of amides is 2. The molecule has 0 bridgehead atoms. The Morgan fingerprint density at radius 1 is 1.03 bits per heavy atom. The lowest BCUT2D eigenvalue weighted by Crippen LogP contribution is -2.52. The molecule has 4 rings (SSSR count).